The van der Waals surface area contributed by atoms with E-state index in [0.29, 0.717) is 26.8 Å². The Balaban J connectivity index is 1.87. The first-order valence-electron chi connectivity index (χ1n) is 10.8. The van der Waals surface area contributed by atoms with Crippen molar-refractivity contribution in [3.8, 4) is 5.75 Å². The lowest BCUT2D eigenvalue weighted by atomic mass is 9.88. The van der Waals surface area contributed by atoms with Crippen molar-refractivity contribution in [1.82, 2.24) is 9.66 Å². The lowest BCUT2D eigenvalue weighted by Gasteiger charge is -2.22. The number of aromatic nitrogens is 2. The normalized spacial score (nSPS) is 14.6. The van der Waals surface area contributed by atoms with Gasteiger partial charge in [-0.2, -0.15) is 9.78 Å². The average Bonchev–Trinajstić information content (AvgIpc) is 2.82. The highest BCUT2D eigenvalue weighted by Crippen LogP contribution is 2.34. The fourth-order valence-electron chi connectivity index (χ4n) is 4.13. The molecule has 4 rings (SSSR count). The largest absolute Gasteiger partial charge is 0.482 e. The second-order valence-electron chi connectivity index (χ2n) is 7.88. The molecule has 8 nitrogen and oxygen atoms in total. The molecule has 9 heteroatoms. The van der Waals surface area contributed by atoms with E-state index in [1.807, 2.05) is 12.1 Å². The smallest absolute Gasteiger partial charge is 0.312 e. The molecule has 33 heavy (non-hydrogen) atoms. The number of para-hydroxylation sites is 1. The molecule has 170 valence electrons. The molecule has 0 atom stereocenters. The van der Waals surface area contributed by atoms with Gasteiger partial charge in [0.2, 0.25) is 5.75 Å². The van der Waals surface area contributed by atoms with Crippen LogP contribution in [-0.2, 0) is 0 Å². The highest BCUT2D eigenvalue weighted by Gasteiger charge is 2.23. The molecule has 0 unspecified atom stereocenters. The van der Waals surface area contributed by atoms with E-state index in [-0.39, 0.29) is 29.5 Å². The van der Waals surface area contributed by atoms with Crippen molar-refractivity contribution in [3.63, 3.8) is 0 Å². The molecule has 0 amide bonds. The predicted molar refractivity (Wildman–Crippen MR) is 131 cm³/mol. The molecule has 3 aromatic rings. The minimum Gasteiger partial charge on any atom is -0.482 e. The van der Waals surface area contributed by atoms with E-state index < -0.39 is 4.92 Å². The van der Waals surface area contributed by atoms with E-state index in [2.05, 4.69) is 27.6 Å². The SMILES string of the molecule is C=CCOc1c(C=Nn2c(C3CCCCC3)nc3ccccc3c2=O)cc(Br)cc1[N+](=O)[O-]. The van der Waals surface area contributed by atoms with Gasteiger partial charge in [-0.3, -0.25) is 14.9 Å². The molecule has 1 aromatic heterocycles. The first-order valence-corrected chi connectivity index (χ1v) is 11.6. The van der Waals surface area contributed by atoms with Crippen molar-refractivity contribution in [3.05, 3.63) is 85.4 Å². The number of hydrogen-bond donors (Lipinski definition) is 0. The Morgan fingerprint density at radius 1 is 1.27 bits per heavy atom. The fourth-order valence-corrected chi connectivity index (χ4v) is 4.59. The fraction of sp³-hybridized carbons (Fsp3) is 0.292. The van der Waals surface area contributed by atoms with Gasteiger partial charge in [-0.1, -0.05) is 60.0 Å². The summed E-state index contributed by atoms with van der Waals surface area (Å²) < 4.78 is 7.43. The van der Waals surface area contributed by atoms with Gasteiger partial charge in [0.05, 0.1) is 22.0 Å². The minimum absolute atomic E-state index is 0.0628. The number of benzene rings is 2. The summed E-state index contributed by atoms with van der Waals surface area (Å²) in [6.07, 6.45) is 8.13. The molecule has 0 saturated heterocycles. The molecule has 1 aliphatic rings. The van der Waals surface area contributed by atoms with Crippen LogP contribution in [0.4, 0.5) is 5.69 Å². The van der Waals surface area contributed by atoms with Crippen LogP contribution in [-0.4, -0.2) is 27.4 Å². The van der Waals surface area contributed by atoms with Gasteiger partial charge in [0.15, 0.2) is 0 Å². The first-order chi connectivity index (χ1) is 16.0. The van der Waals surface area contributed by atoms with Gasteiger partial charge in [-0.25, -0.2) is 4.98 Å². The Morgan fingerprint density at radius 3 is 2.76 bits per heavy atom. The van der Waals surface area contributed by atoms with Crippen LogP contribution in [0.2, 0.25) is 0 Å². The zero-order valence-corrected chi connectivity index (χ0v) is 19.5. The van der Waals surface area contributed by atoms with Crippen molar-refractivity contribution in [2.45, 2.75) is 38.0 Å². The quantitative estimate of drug-likeness (QED) is 0.179. The lowest BCUT2D eigenvalue weighted by Crippen LogP contribution is -2.25. The van der Waals surface area contributed by atoms with Crippen LogP contribution in [0.15, 0.2) is 63.4 Å². The number of halogens is 1. The molecule has 1 heterocycles. The number of nitro groups is 1. The van der Waals surface area contributed by atoms with Crippen LogP contribution >= 0.6 is 15.9 Å². The Morgan fingerprint density at radius 2 is 2.03 bits per heavy atom. The van der Waals surface area contributed by atoms with Crippen LogP contribution in [0.1, 0.15) is 49.4 Å². The topological polar surface area (TPSA) is 99.6 Å². The Kier molecular flexibility index (Phi) is 6.98. The van der Waals surface area contributed by atoms with Gasteiger partial charge in [0, 0.05) is 22.0 Å². The summed E-state index contributed by atoms with van der Waals surface area (Å²) in [6.45, 7) is 3.69. The third kappa shape index (κ3) is 4.88. The zero-order chi connectivity index (χ0) is 23.4. The van der Waals surface area contributed by atoms with Crippen LogP contribution in [0.25, 0.3) is 10.9 Å². The predicted octanol–water partition coefficient (Wildman–Crippen LogP) is 5.56. The summed E-state index contributed by atoms with van der Waals surface area (Å²) in [5.74, 6) is 0.808. The van der Waals surface area contributed by atoms with E-state index in [1.54, 1.807) is 18.2 Å². The van der Waals surface area contributed by atoms with Crippen LogP contribution in [0.3, 0.4) is 0 Å². The number of nitro benzene ring substituents is 1. The molecule has 2 aromatic carbocycles. The van der Waals surface area contributed by atoms with Gasteiger partial charge in [0.1, 0.15) is 12.4 Å². The maximum absolute atomic E-state index is 13.4. The zero-order valence-electron chi connectivity index (χ0n) is 17.9. The molecule has 0 spiro atoms. The molecule has 1 fully saturated rings. The van der Waals surface area contributed by atoms with E-state index in [1.165, 1.54) is 29.5 Å². The molecule has 1 aliphatic carbocycles. The first kappa shape index (κ1) is 22.8. The number of hydrogen-bond acceptors (Lipinski definition) is 6. The monoisotopic (exact) mass is 510 g/mol. The summed E-state index contributed by atoms with van der Waals surface area (Å²) in [6, 6.07) is 10.2. The van der Waals surface area contributed by atoms with E-state index >= 15 is 0 Å². The summed E-state index contributed by atoms with van der Waals surface area (Å²) in [5, 5.41) is 16.5. The number of ether oxygens (including phenoxy) is 1. The third-order valence-corrected chi connectivity index (χ3v) is 6.12. The molecule has 0 bridgehead atoms. The molecule has 0 radical (unpaired) electrons. The average molecular weight is 511 g/mol. The maximum atomic E-state index is 13.4. The highest BCUT2D eigenvalue weighted by atomic mass is 79.9. The van der Waals surface area contributed by atoms with Gasteiger partial charge >= 0.3 is 5.69 Å². The summed E-state index contributed by atoms with van der Waals surface area (Å²) in [4.78, 5) is 29.2. The van der Waals surface area contributed by atoms with Crippen molar-refractivity contribution >= 4 is 38.7 Å². The minimum atomic E-state index is -0.516. The Hall–Kier alpha value is -3.33. The third-order valence-electron chi connectivity index (χ3n) is 5.67. The Bertz CT molecular complexity index is 1300. The summed E-state index contributed by atoms with van der Waals surface area (Å²) in [7, 11) is 0. The summed E-state index contributed by atoms with van der Waals surface area (Å²) in [5.41, 5.74) is 0.537. The van der Waals surface area contributed by atoms with E-state index in [9.17, 15) is 14.9 Å². The second-order valence-corrected chi connectivity index (χ2v) is 8.80. The molecule has 1 saturated carbocycles. The van der Waals surface area contributed by atoms with Crippen molar-refractivity contribution in [2.75, 3.05) is 6.61 Å². The van der Waals surface area contributed by atoms with E-state index in [0.717, 1.165) is 25.7 Å². The molecule has 0 aliphatic heterocycles. The standard InChI is InChI=1S/C24H23BrN4O4/c1-2-12-33-22-17(13-18(25)14-21(22)29(31)32)15-26-28-23(16-8-4-3-5-9-16)27-20-11-7-6-10-19(20)24(28)30/h2,6-7,10-11,13-16H,1,3-5,8-9,12H2. The van der Waals surface area contributed by atoms with Crippen LogP contribution < -0.4 is 10.3 Å². The van der Waals surface area contributed by atoms with Gasteiger partial charge in [-0.15, -0.1) is 0 Å². The van der Waals surface area contributed by atoms with Gasteiger partial charge < -0.3 is 4.74 Å². The summed E-state index contributed by atoms with van der Waals surface area (Å²) >= 11 is 3.31. The van der Waals surface area contributed by atoms with Gasteiger partial charge in [0.25, 0.3) is 5.56 Å². The molecule has 0 N–H and O–H groups in total. The number of nitrogens with zero attached hydrogens (tertiary/aromatic N) is 4. The van der Waals surface area contributed by atoms with Crippen molar-refractivity contribution < 1.29 is 9.66 Å². The van der Waals surface area contributed by atoms with Crippen molar-refractivity contribution in [2.24, 2.45) is 5.10 Å². The second kappa shape index (κ2) is 10.1. The highest BCUT2D eigenvalue weighted by molar-refractivity contribution is 9.10. The maximum Gasteiger partial charge on any atom is 0.312 e. The molecular weight excluding hydrogens is 488 g/mol. The van der Waals surface area contributed by atoms with Gasteiger partial charge in [-0.05, 0) is 31.0 Å². The van der Waals surface area contributed by atoms with Crippen molar-refractivity contribution in [1.29, 1.82) is 0 Å². The Labute approximate surface area is 198 Å². The number of rotatable bonds is 7. The van der Waals surface area contributed by atoms with E-state index in [4.69, 9.17) is 9.72 Å². The van der Waals surface area contributed by atoms with Crippen LogP contribution in [0, 0.1) is 10.1 Å². The number of fused-ring (bicyclic) bond motifs is 1. The van der Waals surface area contributed by atoms with Crippen LogP contribution in [0.5, 0.6) is 5.75 Å². The molecular formula is C24H23BrN4O4. The lowest BCUT2D eigenvalue weighted by molar-refractivity contribution is -0.385.